The van der Waals surface area contributed by atoms with E-state index in [1.807, 2.05) is 13.0 Å². The molecule has 0 aliphatic heterocycles. The van der Waals surface area contributed by atoms with Gasteiger partial charge in [-0.25, -0.2) is 4.39 Å². The second-order valence-corrected chi connectivity index (χ2v) is 5.55. The molecule has 2 heteroatoms. The van der Waals surface area contributed by atoms with E-state index in [4.69, 9.17) is 5.73 Å². The molecule has 1 aromatic rings. The molecule has 18 heavy (non-hydrogen) atoms. The molecule has 0 radical (unpaired) electrons. The van der Waals surface area contributed by atoms with Crippen molar-refractivity contribution in [3.05, 3.63) is 35.6 Å². The Kier molecular flexibility index (Phi) is 5.80. The molecule has 102 valence electrons. The van der Waals surface area contributed by atoms with E-state index in [2.05, 4.69) is 13.8 Å². The topological polar surface area (TPSA) is 26.0 Å². The summed E-state index contributed by atoms with van der Waals surface area (Å²) in [5, 5.41) is 0. The molecular weight excluding hydrogens is 225 g/mol. The van der Waals surface area contributed by atoms with Crippen LogP contribution < -0.4 is 5.73 Å². The summed E-state index contributed by atoms with van der Waals surface area (Å²) in [6, 6.07) is 6.69. The zero-order valence-corrected chi connectivity index (χ0v) is 11.9. The van der Waals surface area contributed by atoms with Crippen molar-refractivity contribution in [2.75, 3.05) is 0 Å². The Morgan fingerprint density at radius 3 is 2.61 bits per heavy atom. The minimum absolute atomic E-state index is 0.203. The van der Waals surface area contributed by atoms with E-state index in [1.54, 1.807) is 12.1 Å². The van der Waals surface area contributed by atoms with E-state index in [0.717, 1.165) is 18.4 Å². The maximum absolute atomic E-state index is 13.3. The minimum atomic E-state index is -0.434. The first kappa shape index (κ1) is 15.2. The highest BCUT2D eigenvalue weighted by Gasteiger charge is 2.25. The lowest BCUT2D eigenvalue weighted by Gasteiger charge is -2.30. The van der Waals surface area contributed by atoms with Crippen LogP contribution in [0.4, 0.5) is 4.39 Å². The number of hydrogen-bond donors (Lipinski definition) is 1. The van der Waals surface area contributed by atoms with Crippen molar-refractivity contribution in [3.8, 4) is 0 Å². The Morgan fingerprint density at radius 1 is 1.33 bits per heavy atom. The van der Waals surface area contributed by atoms with Gasteiger partial charge in [-0.3, -0.25) is 0 Å². The average Bonchev–Trinajstić information content (AvgIpc) is 2.34. The monoisotopic (exact) mass is 251 g/mol. The lowest BCUT2D eigenvalue weighted by Crippen LogP contribution is -2.35. The van der Waals surface area contributed by atoms with E-state index in [9.17, 15) is 4.39 Å². The van der Waals surface area contributed by atoms with Crippen molar-refractivity contribution in [1.82, 2.24) is 0 Å². The van der Waals surface area contributed by atoms with Crippen LogP contribution in [0.3, 0.4) is 0 Å². The molecule has 1 rings (SSSR count). The molecule has 0 saturated heterocycles. The lowest BCUT2D eigenvalue weighted by atomic mass is 9.81. The molecule has 2 N–H and O–H groups in total. The molecule has 2 atom stereocenters. The second-order valence-electron chi connectivity index (χ2n) is 5.55. The first-order valence-corrected chi connectivity index (χ1v) is 7.04. The van der Waals surface area contributed by atoms with Crippen LogP contribution in [0.5, 0.6) is 0 Å². The predicted octanol–water partition coefficient (Wildman–Crippen LogP) is 4.61. The molecule has 1 nitrogen and oxygen atoms in total. The predicted molar refractivity (Wildman–Crippen MR) is 75.9 cm³/mol. The summed E-state index contributed by atoms with van der Waals surface area (Å²) in [6.45, 7) is 6.43. The van der Waals surface area contributed by atoms with Gasteiger partial charge in [-0.05, 0) is 37.0 Å². The van der Waals surface area contributed by atoms with Gasteiger partial charge in [0.15, 0.2) is 0 Å². The van der Waals surface area contributed by atoms with Gasteiger partial charge >= 0.3 is 0 Å². The highest BCUT2D eigenvalue weighted by molar-refractivity contribution is 5.24. The summed E-state index contributed by atoms with van der Waals surface area (Å²) in [6.07, 6.45) is 5.75. The molecular formula is C16H26FN. The summed E-state index contributed by atoms with van der Waals surface area (Å²) in [7, 11) is 0. The fourth-order valence-electron chi connectivity index (χ4n) is 2.50. The smallest absolute Gasteiger partial charge is 0.123 e. The van der Waals surface area contributed by atoms with E-state index in [0.29, 0.717) is 5.92 Å². The molecule has 0 saturated carbocycles. The number of halogens is 1. The van der Waals surface area contributed by atoms with Crippen molar-refractivity contribution in [2.45, 2.75) is 58.4 Å². The van der Waals surface area contributed by atoms with E-state index in [-0.39, 0.29) is 5.82 Å². The van der Waals surface area contributed by atoms with Gasteiger partial charge in [-0.2, -0.15) is 0 Å². The van der Waals surface area contributed by atoms with Crippen molar-refractivity contribution in [3.63, 3.8) is 0 Å². The summed E-state index contributed by atoms with van der Waals surface area (Å²) in [4.78, 5) is 0. The zero-order valence-electron chi connectivity index (χ0n) is 11.9. The molecule has 0 bridgehead atoms. The highest BCUT2D eigenvalue weighted by Crippen LogP contribution is 2.30. The van der Waals surface area contributed by atoms with Crippen molar-refractivity contribution in [2.24, 2.45) is 11.7 Å². The molecule has 2 unspecified atom stereocenters. The van der Waals surface area contributed by atoms with Crippen LogP contribution in [0, 0.1) is 11.7 Å². The van der Waals surface area contributed by atoms with E-state index in [1.165, 1.54) is 25.3 Å². The van der Waals surface area contributed by atoms with Gasteiger partial charge in [0.2, 0.25) is 0 Å². The van der Waals surface area contributed by atoms with Gasteiger partial charge in [-0.15, -0.1) is 0 Å². The number of unbranched alkanes of at least 4 members (excludes halogenated alkanes) is 1. The minimum Gasteiger partial charge on any atom is -0.322 e. The van der Waals surface area contributed by atoms with Crippen LogP contribution in [0.2, 0.25) is 0 Å². The Morgan fingerprint density at radius 2 is 2.06 bits per heavy atom. The number of nitrogens with two attached hydrogens (primary N) is 1. The van der Waals surface area contributed by atoms with Gasteiger partial charge in [0, 0.05) is 5.54 Å². The third-order valence-corrected chi connectivity index (χ3v) is 3.74. The quantitative estimate of drug-likeness (QED) is 0.752. The average molecular weight is 251 g/mol. The summed E-state index contributed by atoms with van der Waals surface area (Å²) in [5.74, 6) is 0.425. The first-order valence-electron chi connectivity index (χ1n) is 7.04. The van der Waals surface area contributed by atoms with Crippen LogP contribution in [0.1, 0.15) is 58.4 Å². The zero-order chi connectivity index (χ0) is 13.6. The molecule has 0 heterocycles. The third kappa shape index (κ3) is 4.41. The SMILES string of the molecule is CCCCC(CC)CC(C)(N)c1cccc(F)c1. The van der Waals surface area contributed by atoms with Crippen molar-refractivity contribution < 1.29 is 4.39 Å². The Labute approximate surface area is 111 Å². The normalized spacial score (nSPS) is 16.3. The molecule has 0 aliphatic rings. The van der Waals surface area contributed by atoms with Gasteiger partial charge in [0.25, 0.3) is 0 Å². The summed E-state index contributed by atoms with van der Waals surface area (Å²) in [5.41, 5.74) is 6.85. The van der Waals surface area contributed by atoms with Crippen LogP contribution in [-0.4, -0.2) is 0 Å². The summed E-state index contributed by atoms with van der Waals surface area (Å²) < 4.78 is 13.3. The van der Waals surface area contributed by atoms with E-state index >= 15 is 0 Å². The van der Waals surface area contributed by atoms with Gasteiger partial charge in [-0.1, -0.05) is 51.7 Å². The standard InChI is InChI=1S/C16H26FN/c1-4-6-8-13(5-2)12-16(3,18)14-9-7-10-15(17)11-14/h7,9-11,13H,4-6,8,12,18H2,1-3H3. The lowest BCUT2D eigenvalue weighted by molar-refractivity contribution is 0.315. The maximum Gasteiger partial charge on any atom is 0.123 e. The largest absolute Gasteiger partial charge is 0.322 e. The number of benzene rings is 1. The Hall–Kier alpha value is -0.890. The number of hydrogen-bond acceptors (Lipinski definition) is 1. The molecule has 1 aromatic carbocycles. The van der Waals surface area contributed by atoms with Gasteiger partial charge in [0.1, 0.15) is 5.82 Å². The van der Waals surface area contributed by atoms with Crippen molar-refractivity contribution in [1.29, 1.82) is 0 Å². The van der Waals surface area contributed by atoms with Gasteiger partial charge in [0.05, 0.1) is 0 Å². The van der Waals surface area contributed by atoms with Crippen LogP contribution in [0.25, 0.3) is 0 Å². The molecule has 0 aliphatic carbocycles. The van der Waals surface area contributed by atoms with Gasteiger partial charge < -0.3 is 5.73 Å². The molecule has 0 amide bonds. The fourth-order valence-corrected chi connectivity index (χ4v) is 2.50. The molecule has 0 fully saturated rings. The fraction of sp³-hybridized carbons (Fsp3) is 0.625. The highest BCUT2D eigenvalue weighted by atomic mass is 19.1. The van der Waals surface area contributed by atoms with E-state index < -0.39 is 5.54 Å². The molecule has 0 spiro atoms. The Balaban J connectivity index is 2.73. The first-order chi connectivity index (χ1) is 8.49. The summed E-state index contributed by atoms with van der Waals surface area (Å²) >= 11 is 0. The third-order valence-electron chi connectivity index (χ3n) is 3.74. The van der Waals surface area contributed by atoms with Crippen LogP contribution in [-0.2, 0) is 5.54 Å². The maximum atomic E-state index is 13.3. The molecule has 0 aromatic heterocycles. The Bertz CT molecular complexity index is 360. The number of rotatable bonds is 7. The second kappa shape index (κ2) is 6.89. The van der Waals surface area contributed by atoms with Crippen LogP contribution in [0.15, 0.2) is 24.3 Å². The van der Waals surface area contributed by atoms with Crippen molar-refractivity contribution >= 4 is 0 Å². The van der Waals surface area contributed by atoms with Crippen LogP contribution >= 0.6 is 0 Å².